The lowest BCUT2D eigenvalue weighted by molar-refractivity contribution is -0.384. The molecule has 0 spiro atoms. The summed E-state index contributed by atoms with van der Waals surface area (Å²) in [7, 11) is 0. The average molecular weight is 391 g/mol. The van der Waals surface area contributed by atoms with Crippen molar-refractivity contribution in [3.8, 4) is 0 Å². The van der Waals surface area contributed by atoms with E-state index in [1.54, 1.807) is 18.2 Å². The molecular weight excluding hydrogens is 375 g/mol. The van der Waals surface area contributed by atoms with Gasteiger partial charge in [0, 0.05) is 36.8 Å². The molecule has 0 amide bonds. The number of hydrogen-bond acceptors (Lipinski definition) is 5. The molecule has 1 unspecified atom stereocenters. The van der Waals surface area contributed by atoms with Gasteiger partial charge in [0.2, 0.25) is 0 Å². The number of pyridine rings is 1. The zero-order valence-electron chi connectivity index (χ0n) is 14.6. The number of nitro groups is 1. The van der Waals surface area contributed by atoms with E-state index < -0.39 is 16.8 Å². The summed E-state index contributed by atoms with van der Waals surface area (Å²) in [5, 5.41) is 15.2. The molecule has 146 valence electrons. The summed E-state index contributed by atoms with van der Waals surface area (Å²) in [4.78, 5) is 17.0. The van der Waals surface area contributed by atoms with Gasteiger partial charge in [-0.3, -0.25) is 14.8 Å². The van der Waals surface area contributed by atoms with Crippen LogP contribution in [0.15, 0.2) is 42.6 Å². The standard InChI is InChI=1S/C18H16F3N5O2/c19-18(20,21)16-7-9-25(23-16)14-2-1-8-24(11-14)17-6-3-12-10-13(26(27)28)4-5-15(12)22-17/h3-7,9-10,14H,1-2,8,11H2. The number of fused-ring (bicyclic) bond motifs is 1. The zero-order valence-corrected chi connectivity index (χ0v) is 14.6. The molecule has 28 heavy (non-hydrogen) atoms. The fourth-order valence-corrected chi connectivity index (χ4v) is 3.46. The summed E-state index contributed by atoms with van der Waals surface area (Å²) >= 11 is 0. The van der Waals surface area contributed by atoms with Crippen LogP contribution < -0.4 is 4.90 Å². The molecule has 1 saturated heterocycles. The SMILES string of the molecule is O=[N+]([O-])c1ccc2nc(N3CCCC(n4ccc(C(F)(F)F)n4)C3)ccc2c1. The molecule has 0 aliphatic carbocycles. The number of benzene rings is 1. The molecule has 7 nitrogen and oxygen atoms in total. The predicted octanol–water partition coefficient (Wildman–Crippen LogP) is 4.20. The lowest BCUT2D eigenvalue weighted by atomic mass is 10.1. The second-order valence-electron chi connectivity index (χ2n) is 6.72. The minimum absolute atomic E-state index is 0.000706. The van der Waals surface area contributed by atoms with Crippen LogP contribution in [0.25, 0.3) is 10.9 Å². The van der Waals surface area contributed by atoms with E-state index >= 15 is 0 Å². The number of halogens is 3. The highest BCUT2D eigenvalue weighted by Crippen LogP contribution is 2.31. The molecule has 0 N–H and O–H groups in total. The van der Waals surface area contributed by atoms with Crippen LogP contribution in [-0.2, 0) is 6.18 Å². The summed E-state index contributed by atoms with van der Waals surface area (Å²) in [6.07, 6.45) is -1.56. The van der Waals surface area contributed by atoms with Gasteiger partial charge in [-0.2, -0.15) is 18.3 Å². The normalized spacial score (nSPS) is 17.8. The van der Waals surface area contributed by atoms with Gasteiger partial charge < -0.3 is 4.90 Å². The number of alkyl halides is 3. The number of nitro benzene ring substituents is 1. The van der Waals surface area contributed by atoms with Crippen molar-refractivity contribution in [2.45, 2.75) is 25.1 Å². The summed E-state index contributed by atoms with van der Waals surface area (Å²) in [6, 6.07) is 8.82. The van der Waals surface area contributed by atoms with Crippen LogP contribution in [0.3, 0.4) is 0 Å². The lowest BCUT2D eigenvalue weighted by Gasteiger charge is -2.33. The van der Waals surface area contributed by atoms with Crippen molar-refractivity contribution in [2.24, 2.45) is 0 Å². The van der Waals surface area contributed by atoms with Crippen molar-refractivity contribution in [3.63, 3.8) is 0 Å². The minimum Gasteiger partial charge on any atom is -0.354 e. The fourth-order valence-electron chi connectivity index (χ4n) is 3.46. The third kappa shape index (κ3) is 3.49. The molecule has 3 heterocycles. The molecule has 0 radical (unpaired) electrons. The first-order valence-electron chi connectivity index (χ1n) is 8.74. The van der Waals surface area contributed by atoms with Crippen LogP contribution in [0, 0.1) is 10.1 Å². The number of anilines is 1. The first kappa shape index (κ1) is 18.2. The number of nitrogens with zero attached hydrogens (tertiary/aromatic N) is 5. The molecule has 3 aromatic rings. The topological polar surface area (TPSA) is 77.1 Å². The number of aromatic nitrogens is 3. The van der Waals surface area contributed by atoms with E-state index in [2.05, 4.69) is 10.1 Å². The zero-order chi connectivity index (χ0) is 19.9. The van der Waals surface area contributed by atoms with Crippen molar-refractivity contribution in [3.05, 3.63) is 58.4 Å². The van der Waals surface area contributed by atoms with E-state index in [9.17, 15) is 23.3 Å². The van der Waals surface area contributed by atoms with E-state index in [0.29, 0.717) is 23.3 Å². The van der Waals surface area contributed by atoms with Gasteiger partial charge in [0.25, 0.3) is 5.69 Å². The highest BCUT2D eigenvalue weighted by atomic mass is 19.4. The summed E-state index contributed by atoms with van der Waals surface area (Å²) in [5.74, 6) is 0.689. The average Bonchev–Trinajstić information content (AvgIpc) is 3.18. The van der Waals surface area contributed by atoms with Gasteiger partial charge in [-0.15, -0.1) is 0 Å². The van der Waals surface area contributed by atoms with E-state index in [0.717, 1.165) is 25.5 Å². The Balaban J connectivity index is 1.56. The van der Waals surface area contributed by atoms with Gasteiger partial charge in [-0.25, -0.2) is 4.98 Å². The molecule has 1 atom stereocenters. The highest BCUT2D eigenvalue weighted by Gasteiger charge is 2.34. The number of piperidine rings is 1. The Morgan fingerprint density at radius 1 is 1.18 bits per heavy atom. The van der Waals surface area contributed by atoms with Gasteiger partial charge in [0.1, 0.15) is 5.82 Å². The van der Waals surface area contributed by atoms with E-state index in [-0.39, 0.29) is 11.7 Å². The fraction of sp³-hybridized carbons (Fsp3) is 0.333. The van der Waals surface area contributed by atoms with Gasteiger partial charge in [-0.05, 0) is 37.1 Å². The van der Waals surface area contributed by atoms with E-state index in [4.69, 9.17) is 0 Å². The van der Waals surface area contributed by atoms with Crippen molar-refractivity contribution >= 4 is 22.4 Å². The number of rotatable bonds is 3. The maximum atomic E-state index is 12.8. The van der Waals surface area contributed by atoms with Crippen LogP contribution >= 0.6 is 0 Å². The Labute approximate surface area is 157 Å². The van der Waals surface area contributed by atoms with Crippen molar-refractivity contribution < 1.29 is 18.1 Å². The molecule has 1 aromatic carbocycles. The molecule has 10 heteroatoms. The molecular formula is C18H16F3N5O2. The minimum atomic E-state index is -4.46. The largest absolute Gasteiger partial charge is 0.435 e. The second kappa shape index (κ2) is 6.77. The first-order chi connectivity index (χ1) is 13.3. The predicted molar refractivity (Wildman–Crippen MR) is 96.1 cm³/mol. The maximum absolute atomic E-state index is 12.8. The van der Waals surface area contributed by atoms with Gasteiger partial charge in [0.05, 0.1) is 16.5 Å². The van der Waals surface area contributed by atoms with Crippen LogP contribution in [-0.4, -0.2) is 32.8 Å². The number of non-ortho nitro benzene ring substituents is 1. The Bertz CT molecular complexity index is 1030. The molecule has 2 aromatic heterocycles. The van der Waals surface area contributed by atoms with E-state index in [1.165, 1.54) is 23.0 Å². The third-order valence-electron chi connectivity index (χ3n) is 4.86. The van der Waals surface area contributed by atoms with Gasteiger partial charge in [0.15, 0.2) is 5.69 Å². The van der Waals surface area contributed by atoms with Crippen LogP contribution in [0.1, 0.15) is 24.6 Å². The first-order valence-corrected chi connectivity index (χ1v) is 8.74. The lowest BCUT2D eigenvalue weighted by Crippen LogP contribution is -2.37. The Kier molecular flexibility index (Phi) is 4.40. The second-order valence-corrected chi connectivity index (χ2v) is 6.72. The molecule has 0 saturated carbocycles. The van der Waals surface area contributed by atoms with Crippen molar-refractivity contribution in [1.82, 2.24) is 14.8 Å². The number of hydrogen-bond donors (Lipinski definition) is 0. The van der Waals surface area contributed by atoms with Gasteiger partial charge in [-0.1, -0.05) is 0 Å². The van der Waals surface area contributed by atoms with Crippen molar-refractivity contribution in [1.29, 1.82) is 0 Å². The van der Waals surface area contributed by atoms with Crippen LogP contribution in [0.5, 0.6) is 0 Å². The maximum Gasteiger partial charge on any atom is 0.435 e. The quantitative estimate of drug-likeness (QED) is 0.494. The molecule has 1 aliphatic rings. The molecule has 1 fully saturated rings. The van der Waals surface area contributed by atoms with Gasteiger partial charge >= 0.3 is 6.18 Å². The molecule has 1 aliphatic heterocycles. The monoisotopic (exact) mass is 391 g/mol. The Morgan fingerprint density at radius 2 is 2.00 bits per heavy atom. The third-order valence-corrected chi connectivity index (χ3v) is 4.86. The van der Waals surface area contributed by atoms with Crippen LogP contribution in [0.4, 0.5) is 24.7 Å². The summed E-state index contributed by atoms with van der Waals surface area (Å²) < 4.78 is 39.8. The van der Waals surface area contributed by atoms with Crippen LogP contribution in [0.2, 0.25) is 0 Å². The Morgan fingerprint density at radius 3 is 2.71 bits per heavy atom. The Hall–Kier alpha value is -3.17. The molecule has 0 bridgehead atoms. The summed E-state index contributed by atoms with van der Waals surface area (Å²) in [5.41, 5.74) is -0.266. The van der Waals surface area contributed by atoms with E-state index in [1.807, 2.05) is 4.90 Å². The smallest absolute Gasteiger partial charge is 0.354 e. The highest BCUT2D eigenvalue weighted by molar-refractivity contribution is 5.82. The summed E-state index contributed by atoms with van der Waals surface area (Å²) in [6.45, 7) is 1.22. The van der Waals surface area contributed by atoms with Crippen molar-refractivity contribution in [2.75, 3.05) is 18.0 Å². The molecule has 4 rings (SSSR count).